The van der Waals surface area contributed by atoms with E-state index in [0.29, 0.717) is 5.41 Å². The molecule has 0 unspecified atom stereocenters. The summed E-state index contributed by atoms with van der Waals surface area (Å²) in [5.41, 5.74) is 2.90. The van der Waals surface area contributed by atoms with E-state index in [9.17, 15) is 0 Å². The largest absolute Gasteiger partial charge is 0.369 e. The van der Waals surface area contributed by atoms with Gasteiger partial charge in [0.05, 0.1) is 9.74 Å². The third kappa shape index (κ3) is 2.34. The molecule has 1 saturated carbocycles. The van der Waals surface area contributed by atoms with Gasteiger partial charge in [0.2, 0.25) is 0 Å². The summed E-state index contributed by atoms with van der Waals surface area (Å²) in [5, 5.41) is 7.79. The minimum Gasteiger partial charge on any atom is -0.369 e. The molecule has 0 radical (unpaired) electrons. The van der Waals surface area contributed by atoms with Gasteiger partial charge in [0.1, 0.15) is 0 Å². The van der Waals surface area contributed by atoms with Gasteiger partial charge in [-0.05, 0) is 42.5 Å². The minimum atomic E-state index is 0.0908. The first-order valence-corrected chi connectivity index (χ1v) is 10.2. The van der Waals surface area contributed by atoms with E-state index in [2.05, 4.69) is 73.0 Å². The van der Waals surface area contributed by atoms with E-state index < -0.39 is 0 Å². The Hall–Kier alpha value is -1.26. The van der Waals surface area contributed by atoms with Crippen molar-refractivity contribution in [1.29, 1.82) is 0 Å². The molecule has 1 aliphatic carbocycles. The van der Waals surface area contributed by atoms with E-state index in [1.807, 2.05) is 23.5 Å². The number of rotatable bonds is 0. The second-order valence-electron chi connectivity index (χ2n) is 8.13. The van der Waals surface area contributed by atoms with E-state index in [1.54, 1.807) is 0 Å². The van der Waals surface area contributed by atoms with Gasteiger partial charge in [0, 0.05) is 27.6 Å². The van der Waals surface area contributed by atoms with Gasteiger partial charge in [-0.2, -0.15) is 0 Å². The Kier molecular flexibility index (Phi) is 3.06. The van der Waals surface area contributed by atoms with E-state index in [0.717, 1.165) is 6.42 Å². The zero-order valence-electron chi connectivity index (χ0n) is 14.1. The Labute approximate surface area is 152 Å². The lowest BCUT2D eigenvalue weighted by atomic mass is 9.71. The summed E-state index contributed by atoms with van der Waals surface area (Å²) in [6, 6.07) is 17.5. The highest BCUT2D eigenvalue weighted by molar-refractivity contribution is 8.02. The fourth-order valence-corrected chi connectivity index (χ4v) is 8.37. The number of anilines is 2. The molecular weight excluding hydrogens is 332 g/mol. The molecule has 2 spiro atoms. The Morgan fingerprint density at radius 1 is 0.708 bits per heavy atom. The summed E-state index contributed by atoms with van der Waals surface area (Å²) in [4.78, 5) is 2.97. The van der Waals surface area contributed by atoms with Gasteiger partial charge in [0.15, 0.2) is 0 Å². The van der Waals surface area contributed by atoms with Crippen molar-refractivity contribution in [3.05, 3.63) is 48.5 Å². The molecule has 2 aromatic carbocycles. The predicted molar refractivity (Wildman–Crippen MR) is 105 cm³/mol. The van der Waals surface area contributed by atoms with Crippen LogP contribution in [0.15, 0.2) is 58.3 Å². The maximum absolute atomic E-state index is 3.89. The second-order valence-corrected chi connectivity index (χ2v) is 11.0. The summed E-state index contributed by atoms with van der Waals surface area (Å²) in [6.07, 6.45) is 3.52. The Morgan fingerprint density at radius 2 is 1.17 bits per heavy atom. The fraction of sp³-hybridized carbons (Fsp3) is 0.400. The zero-order chi connectivity index (χ0) is 16.4. The summed E-state index contributed by atoms with van der Waals surface area (Å²) in [6.45, 7) is 4.85. The first kappa shape index (κ1) is 15.0. The van der Waals surface area contributed by atoms with Crippen molar-refractivity contribution in [3.63, 3.8) is 0 Å². The van der Waals surface area contributed by atoms with E-state index in [-0.39, 0.29) is 9.74 Å². The highest BCUT2D eigenvalue weighted by Crippen LogP contribution is 2.63. The molecule has 1 fully saturated rings. The van der Waals surface area contributed by atoms with Crippen LogP contribution in [-0.2, 0) is 0 Å². The lowest BCUT2D eigenvalue weighted by Crippen LogP contribution is -2.53. The summed E-state index contributed by atoms with van der Waals surface area (Å²) < 4.78 is 0. The molecule has 0 amide bonds. The molecule has 4 heteroatoms. The SMILES string of the molecule is CC1(C)C[C@]2(C[C@]3(C1)Nc1ccccc1S3)Nc1ccccc1S2. The monoisotopic (exact) mass is 354 g/mol. The topological polar surface area (TPSA) is 24.1 Å². The van der Waals surface area contributed by atoms with Crippen LogP contribution in [-0.4, -0.2) is 9.74 Å². The van der Waals surface area contributed by atoms with E-state index in [4.69, 9.17) is 0 Å². The lowest BCUT2D eigenvalue weighted by Gasteiger charge is -2.51. The zero-order valence-corrected chi connectivity index (χ0v) is 15.7. The van der Waals surface area contributed by atoms with Crippen LogP contribution in [0.2, 0.25) is 0 Å². The normalized spacial score (nSPS) is 32.2. The van der Waals surface area contributed by atoms with Crippen LogP contribution < -0.4 is 10.6 Å². The maximum atomic E-state index is 3.89. The molecule has 5 rings (SSSR count). The Balaban J connectivity index is 1.52. The summed E-state index contributed by atoms with van der Waals surface area (Å²) >= 11 is 4.07. The molecule has 0 aromatic heterocycles. The summed E-state index contributed by atoms with van der Waals surface area (Å²) in [5.74, 6) is 0. The molecule has 2 aromatic rings. The number of para-hydroxylation sites is 2. The average Bonchev–Trinajstić information content (AvgIpc) is 3.00. The fourth-order valence-electron chi connectivity index (χ4n) is 4.80. The Bertz CT molecular complexity index is 699. The molecule has 2 N–H and O–H groups in total. The average molecular weight is 355 g/mol. The standard InChI is InChI=1S/C20H22N2S2/c1-18(2)11-19(21-14-7-3-5-9-16(14)23-19)13-20(12-18)22-15-8-4-6-10-17(15)24-20/h3-10,21-22H,11-13H2,1-2H3/t19-,20+. The highest BCUT2D eigenvalue weighted by Gasteiger charge is 2.56. The molecule has 3 aliphatic rings. The number of hydrogen-bond donors (Lipinski definition) is 2. The third-order valence-corrected chi connectivity index (χ3v) is 7.92. The first-order valence-electron chi connectivity index (χ1n) is 8.59. The highest BCUT2D eigenvalue weighted by atomic mass is 32.2. The lowest BCUT2D eigenvalue weighted by molar-refractivity contribution is 0.189. The van der Waals surface area contributed by atoms with Crippen LogP contribution in [0.4, 0.5) is 11.4 Å². The van der Waals surface area contributed by atoms with E-state index in [1.165, 1.54) is 34.0 Å². The number of nitrogens with one attached hydrogen (secondary N) is 2. The molecule has 2 nitrogen and oxygen atoms in total. The Morgan fingerprint density at radius 3 is 1.62 bits per heavy atom. The van der Waals surface area contributed by atoms with Crippen LogP contribution in [0.25, 0.3) is 0 Å². The smallest absolute Gasteiger partial charge is 0.0916 e. The van der Waals surface area contributed by atoms with Crippen molar-refractivity contribution in [2.45, 2.75) is 52.6 Å². The van der Waals surface area contributed by atoms with E-state index >= 15 is 0 Å². The van der Waals surface area contributed by atoms with Gasteiger partial charge in [-0.1, -0.05) is 61.6 Å². The molecule has 124 valence electrons. The van der Waals surface area contributed by atoms with Gasteiger partial charge < -0.3 is 10.6 Å². The molecule has 24 heavy (non-hydrogen) atoms. The minimum absolute atomic E-state index is 0.0908. The van der Waals surface area contributed by atoms with Crippen LogP contribution in [0.3, 0.4) is 0 Å². The number of benzene rings is 2. The molecule has 2 atom stereocenters. The predicted octanol–water partition coefficient (Wildman–Crippen LogP) is 6.02. The second kappa shape index (κ2) is 4.89. The molecule has 0 bridgehead atoms. The molecule has 2 aliphatic heterocycles. The number of fused-ring (bicyclic) bond motifs is 2. The van der Waals surface area contributed by atoms with Gasteiger partial charge in [-0.3, -0.25) is 0 Å². The first-order chi connectivity index (χ1) is 11.5. The van der Waals surface area contributed by atoms with Crippen molar-refractivity contribution < 1.29 is 0 Å². The van der Waals surface area contributed by atoms with Crippen LogP contribution >= 0.6 is 23.5 Å². The number of hydrogen-bond acceptors (Lipinski definition) is 4. The van der Waals surface area contributed by atoms with Gasteiger partial charge in [-0.15, -0.1) is 0 Å². The molecule has 2 heterocycles. The van der Waals surface area contributed by atoms with Gasteiger partial charge in [-0.25, -0.2) is 0 Å². The van der Waals surface area contributed by atoms with Gasteiger partial charge >= 0.3 is 0 Å². The maximum Gasteiger partial charge on any atom is 0.0916 e. The van der Waals surface area contributed by atoms with Crippen LogP contribution in [0.1, 0.15) is 33.1 Å². The third-order valence-electron chi connectivity index (χ3n) is 5.21. The van der Waals surface area contributed by atoms with Crippen molar-refractivity contribution in [2.24, 2.45) is 5.41 Å². The number of thioether (sulfide) groups is 2. The molecule has 0 saturated heterocycles. The quantitative estimate of drug-likeness (QED) is 0.603. The van der Waals surface area contributed by atoms with Crippen molar-refractivity contribution in [2.75, 3.05) is 10.6 Å². The van der Waals surface area contributed by atoms with Crippen LogP contribution in [0, 0.1) is 5.41 Å². The van der Waals surface area contributed by atoms with Gasteiger partial charge in [0.25, 0.3) is 0 Å². The van der Waals surface area contributed by atoms with Crippen molar-refractivity contribution in [1.82, 2.24) is 0 Å². The van der Waals surface area contributed by atoms with Crippen molar-refractivity contribution in [3.8, 4) is 0 Å². The van der Waals surface area contributed by atoms with Crippen LogP contribution in [0.5, 0.6) is 0 Å². The molecular formula is C20H22N2S2. The summed E-state index contributed by atoms with van der Waals surface area (Å²) in [7, 11) is 0. The van der Waals surface area contributed by atoms with Crippen molar-refractivity contribution >= 4 is 34.9 Å².